The number of benzene rings is 1. The molecule has 18 heavy (non-hydrogen) atoms. The SMILES string of the molecule is CCOC1(OCC)OCC(c2ccccc2)C1Cl. The number of rotatable bonds is 5. The van der Waals surface area contributed by atoms with E-state index in [1.807, 2.05) is 32.0 Å². The molecule has 4 heteroatoms. The maximum absolute atomic E-state index is 6.52. The van der Waals surface area contributed by atoms with E-state index in [9.17, 15) is 0 Å². The van der Waals surface area contributed by atoms with E-state index >= 15 is 0 Å². The van der Waals surface area contributed by atoms with Gasteiger partial charge in [-0.15, -0.1) is 11.6 Å². The Bertz CT molecular complexity index is 363. The Balaban J connectivity index is 2.19. The molecule has 1 saturated heterocycles. The van der Waals surface area contributed by atoms with Crippen LogP contribution < -0.4 is 0 Å². The van der Waals surface area contributed by atoms with Gasteiger partial charge in [-0.2, -0.15) is 0 Å². The van der Waals surface area contributed by atoms with Crippen molar-refractivity contribution >= 4 is 11.6 Å². The Labute approximate surface area is 113 Å². The van der Waals surface area contributed by atoms with E-state index in [1.165, 1.54) is 0 Å². The maximum Gasteiger partial charge on any atom is 0.301 e. The van der Waals surface area contributed by atoms with Crippen molar-refractivity contribution in [2.75, 3.05) is 19.8 Å². The zero-order valence-corrected chi connectivity index (χ0v) is 11.5. The van der Waals surface area contributed by atoms with E-state index < -0.39 is 5.97 Å². The Kier molecular flexibility index (Phi) is 4.62. The summed E-state index contributed by atoms with van der Waals surface area (Å²) in [6.45, 7) is 5.33. The first-order valence-corrected chi connectivity index (χ1v) is 6.78. The number of ether oxygens (including phenoxy) is 3. The zero-order valence-electron chi connectivity index (χ0n) is 10.8. The van der Waals surface area contributed by atoms with E-state index in [2.05, 4.69) is 12.1 Å². The average molecular weight is 271 g/mol. The quantitative estimate of drug-likeness (QED) is 0.608. The van der Waals surface area contributed by atoms with Gasteiger partial charge in [0.1, 0.15) is 5.38 Å². The van der Waals surface area contributed by atoms with Gasteiger partial charge >= 0.3 is 5.97 Å². The van der Waals surface area contributed by atoms with Gasteiger partial charge in [0.15, 0.2) is 0 Å². The van der Waals surface area contributed by atoms with Crippen molar-refractivity contribution in [2.45, 2.75) is 31.1 Å². The van der Waals surface area contributed by atoms with E-state index in [4.69, 9.17) is 25.8 Å². The summed E-state index contributed by atoms with van der Waals surface area (Å²) in [5.74, 6) is -1.02. The fourth-order valence-corrected chi connectivity index (χ4v) is 2.68. The van der Waals surface area contributed by atoms with E-state index in [-0.39, 0.29) is 11.3 Å². The van der Waals surface area contributed by atoms with Crippen LogP contribution >= 0.6 is 11.6 Å². The van der Waals surface area contributed by atoms with Gasteiger partial charge in [0.05, 0.1) is 6.61 Å². The monoisotopic (exact) mass is 270 g/mol. The molecule has 2 atom stereocenters. The molecule has 1 aliphatic heterocycles. The fourth-order valence-electron chi connectivity index (χ4n) is 2.27. The van der Waals surface area contributed by atoms with E-state index in [1.54, 1.807) is 0 Å². The van der Waals surface area contributed by atoms with E-state index in [0.717, 1.165) is 5.56 Å². The predicted molar refractivity (Wildman–Crippen MR) is 70.8 cm³/mol. The summed E-state index contributed by atoms with van der Waals surface area (Å²) in [6, 6.07) is 10.1. The number of alkyl halides is 1. The third-order valence-corrected chi connectivity index (χ3v) is 3.65. The minimum absolute atomic E-state index is 0.0889. The normalized spacial score (nSPS) is 26.4. The standard InChI is InChI=1S/C14H19ClO3/c1-3-16-14(17-4-2)13(15)12(10-18-14)11-8-6-5-7-9-11/h5-9,12-13H,3-4,10H2,1-2H3. The van der Waals surface area contributed by atoms with Crippen molar-refractivity contribution in [1.29, 1.82) is 0 Å². The second-order valence-corrected chi connectivity index (χ2v) is 4.67. The Morgan fingerprint density at radius 1 is 1.22 bits per heavy atom. The van der Waals surface area contributed by atoms with Gasteiger partial charge < -0.3 is 14.2 Å². The average Bonchev–Trinajstić information content (AvgIpc) is 2.70. The molecule has 1 fully saturated rings. The van der Waals surface area contributed by atoms with Gasteiger partial charge in [0.25, 0.3) is 0 Å². The summed E-state index contributed by atoms with van der Waals surface area (Å²) in [6.07, 6.45) is 0. The lowest BCUT2D eigenvalue weighted by molar-refractivity contribution is -0.356. The summed E-state index contributed by atoms with van der Waals surface area (Å²) < 4.78 is 17.0. The summed E-state index contributed by atoms with van der Waals surface area (Å²) in [5.41, 5.74) is 1.15. The third kappa shape index (κ3) is 2.54. The van der Waals surface area contributed by atoms with Crippen molar-refractivity contribution in [3.8, 4) is 0 Å². The molecule has 0 aliphatic carbocycles. The van der Waals surface area contributed by atoms with Crippen molar-refractivity contribution in [3.05, 3.63) is 35.9 Å². The molecule has 1 aromatic rings. The lowest BCUT2D eigenvalue weighted by atomic mass is 9.97. The largest absolute Gasteiger partial charge is 0.327 e. The summed E-state index contributed by atoms with van der Waals surface area (Å²) in [4.78, 5) is 0. The lowest BCUT2D eigenvalue weighted by Crippen LogP contribution is -2.43. The smallest absolute Gasteiger partial charge is 0.301 e. The van der Waals surface area contributed by atoms with Crippen LogP contribution in [0, 0.1) is 0 Å². The van der Waals surface area contributed by atoms with Crippen LogP contribution in [0.2, 0.25) is 0 Å². The minimum atomic E-state index is -1.11. The highest BCUT2D eigenvalue weighted by molar-refractivity contribution is 6.22. The van der Waals surface area contributed by atoms with Crippen molar-refractivity contribution in [3.63, 3.8) is 0 Å². The number of hydrogen-bond donors (Lipinski definition) is 0. The first kappa shape index (κ1) is 13.8. The number of hydrogen-bond acceptors (Lipinski definition) is 3. The van der Waals surface area contributed by atoms with Crippen molar-refractivity contribution in [1.82, 2.24) is 0 Å². The fraction of sp³-hybridized carbons (Fsp3) is 0.571. The molecular formula is C14H19ClO3. The van der Waals surface area contributed by atoms with E-state index in [0.29, 0.717) is 19.8 Å². The zero-order chi connectivity index (χ0) is 13.0. The Morgan fingerprint density at radius 3 is 2.39 bits per heavy atom. The predicted octanol–water partition coefficient (Wildman–Crippen LogP) is 3.13. The van der Waals surface area contributed by atoms with Gasteiger partial charge in [0, 0.05) is 19.1 Å². The van der Waals surface area contributed by atoms with Crippen LogP contribution in [-0.4, -0.2) is 31.2 Å². The summed E-state index contributed by atoms with van der Waals surface area (Å²) >= 11 is 6.52. The second kappa shape index (κ2) is 6.02. The van der Waals surface area contributed by atoms with Crippen LogP contribution in [0.1, 0.15) is 25.3 Å². The minimum Gasteiger partial charge on any atom is -0.327 e. The molecule has 2 unspecified atom stereocenters. The molecule has 0 radical (unpaired) electrons. The van der Waals surface area contributed by atoms with Crippen molar-refractivity contribution in [2.24, 2.45) is 0 Å². The summed E-state index contributed by atoms with van der Waals surface area (Å²) in [7, 11) is 0. The molecule has 0 amide bonds. The molecule has 1 heterocycles. The molecule has 0 N–H and O–H groups in total. The highest BCUT2D eigenvalue weighted by Gasteiger charge is 2.52. The molecule has 2 rings (SSSR count). The van der Waals surface area contributed by atoms with Crippen LogP contribution in [0.3, 0.4) is 0 Å². The van der Waals surface area contributed by atoms with Crippen LogP contribution in [0.5, 0.6) is 0 Å². The van der Waals surface area contributed by atoms with Gasteiger partial charge in [0.2, 0.25) is 0 Å². The lowest BCUT2D eigenvalue weighted by Gasteiger charge is -2.30. The number of halogens is 1. The van der Waals surface area contributed by atoms with Gasteiger partial charge in [-0.25, -0.2) is 0 Å². The van der Waals surface area contributed by atoms with Crippen molar-refractivity contribution < 1.29 is 14.2 Å². The third-order valence-electron chi connectivity index (χ3n) is 3.07. The highest BCUT2D eigenvalue weighted by Crippen LogP contribution is 2.42. The molecule has 0 bridgehead atoms. The Morgan fingerprint density at radius 2 is 1.83 bits per heavy atom. The maximum atomic E-state index is 6.52. The van der Waals surface area contributed by atoms with Gasteiger partial charge in [-0.3, -0.25) is 0 Å². The second-order valence-electron chi connectivity index (χ2n) is 4.20. The molecule has 0 spiro atoms. The molecule has 1 aliphatic rings. The molecular weight excluding hydrogens is 252 g/mol. The topological polar surface area (TPSA) is 27.7 Å². The first-order valence-electron chi connectivity index (χ1n) is 6.34. The van der Waals surface area contributed by atoms with Crippen LogP contribution in [0.25, 0.3) is 0 Å². The highest BCUT2D eigenvalue weighted by atomic mass is 35.5. The summed E-state index contributed by atoms with van der Waals surface area (Å²) in [5, 5.41) is -0.347. The molecule has 0 aromatic heterocycles. The van der Waals surface area contributed by atoms with Crippen LogP contribution in [0.4, 0.5) is 0 Å². The molecule has 1 aromatic carbocycles. The van der Waals surface area contributed by atoms with Gasteiger partial charge in [-0.05, 0) is 19.4 Å². The molecule has 3 nitrogen and oxygen atoms in total. The molecule has 0 saturated carbocycles. The van der Waals surface area contributed by atoms with Crippen LogP contribution in [0.15, 0.2) is 30.3 Å². The molecule has 100 valence electrons. The van der Waals surface area contributed by atoms with Gasteiger partial charge in [-0.1, -0.05) is 30.3 Å². The Hall–Kier alpha value is -0.610. The first-order chi connectivity index (χ1) is 8.73. The van der Waals surface area contributed by atoms with Crippen LogP contribution in [-0.2, 0) is 14.2 Å².